The lowest BCUT2D eigenvalue weighted by atomic mass is 10.1. The highest BCUT2D eigenvalue weighted by Crippen LogP contribution is 2.29. The molecule has 8 heteroatoms. The van der Waals surface area contributed by atoms with Gasteiger partial charge in [-0.25, -0.2) is 18.3 Å². The van der Waals surface area contributed by atoms with Crippen LogP contribution < -0.4 is 4.90 Å². The van der Waals surface area contributed by atoms with E-state index in [0.29, 0.717) is 23.9 Å². The van der Waals surface area contributed by atoms with Crippen LogP contribution in [-0.4, -0.2) is 38.8 Å². The van der Waals surface area contributed by atoms with E-state index in [1.54, 1.807) is 18.3 Å². The summed E-state index contributed by atoms with van der Waals surface area (Å²) in [7, 11) is 0. The van der Waals surface area contributed by atoms with Crippen LogP contribution >= 0.6 is 11.6 Å². The highest BCUT2D eigenvalue weighted by atomic mass is 35.5. The molecule has 0 N–H and O–H groups in total. The Morgan fingerprint density at radius 1 is 1.27 bits per heavy atom. The lowest BCUT2D eigenvalue weighted by Crippen LogP contribution is -2.48. The van der Waals surface area contributed by atoms with Gasteiger partial charge >= 0.3 is 0 Å². The zero-order chi connectivity index (χ0) is 15.3. The van der Waals surface area contributed by atoms with E-state index < -0.39 is 12.0 Å². The number of rotatable bonds is 2. The average Bonchev–Trinajstić information content (AvgIpc) is 2.87. The van der Waals surface area contributed by atoms with Gasteiger partial charge in [-0.2, -0.15) is 4.98 Å². The average molecular weight is 322 g/mol. The first-order valence-corrected chi connectivity index (χ1v) is 7.05. The number of fused-ring (bicyclic) bond motifs is 1. The molecule has 1 fully saturated rings. The molecule has 1 aliphatic heterocycles. The van der Waals surface area contributed by atoms with E-state index in [2.05, 4.69) is 15.1 Å². The normalized spacial score (nSPS) is 15.3. The summed E-state index contributed by atoms with van der Waals surface area (Å²) >= 11 is 5.84. The zero-order valence-corrected chi connectivity index (χ0v) is 12.0. The van der Waals surface area contributed by atoms with Gasteiger partial charge in [0.2, 0.25) is 0 Å². The molecule has 22 heavy (non-hydrogen) atoms. The number of aromatic nitrogens is 4. The summed E-state index contributed by atoms with van der Waals surface area (Å²) in [5, 5.41) is 4.60. The molecule has 1 aromatic carbocycles. The number of anilines is 1. The Kier molecular flexibility index (Phi) is 2.97. The van der Waals surface area contributed by atoms with Crippen LogP contribution in [0, 0.1) is 5.82 Å². The van der Waals surface area contributed by atoms with Crippen molar-refractivity contribution >= 4 is 23.1 Å². The Morgan fingerprint density at radius 2 is 2.09 bits per heavy atom. The highest BCUT2D eigenvalue weighted by Gasteiger charge is 2.27. The molecule has 3 heterocycles. The third kappa shape index (κ3) is 2.18. The van der Waals surface area contributed by atoms with Crippen LogP contribution in [0.3, 0.4) is 0 Å². The Hall–Kier alpha value is -2.28. The van der Waals surface area contributed by atoms with Crippen molar-refractivity contribution in [3.63, 3.8) is 0 Å². The number of halogens is 3. The number of hydrogen-bond donors (Lipinski definition) is 0. The molecular formula is C14H10ClF2N5. The molecule has 0 aliphatic carbocycles. The minimum absolute atomic E-state index is 0.214. The molecule has 1 saturated heterocycles. The molecule has 0 spiro atoms. The Balaban J connectivity index is 1.77. The zero-order valence-electron chi connectivity index (χ0n) is 11.2. The van der Waals surface area contributed by atoms with Crippen molar-refractivity contribution < 1.29 is 8.78 Å². The van der Waals surface area contributed by atoms with Gasteiger partial charge in [0.1, 0.15) is 12.0 Å². The van der Waals surface area contributed by atoms with E-state index in [1.807, 2.05) is 4.90 Å². The lowest BCUT2D eigenvalue weighted by molar-refractivity contribution is 0.275. The van der Waals surface area contributed by atoms with Crippen LogP contribution in [0.15, 0.2) is 30.6 Å². The molecular weight excluding hydrogens is 312 g/mol. The standard InChI is InChI=1S/C14H10ClF2N5/c15-8-4-18-14-19-13(20-22(14)5-8)11-3-10(1-2-12(11)17)21-6-9(16)7-21/h1-5,9H,6-7H2. The molecule has 3 aromatic rings. The monoisotopic (exact) mass is 321 g/mol. The molecule has 1 aliphatic rings. The van der Waals surface area contributed by atoms with Gasteiger partial charge in [-0.1, -0.05) is 11.6 Å². The van der Waals surface area contributed by atoms with Crippen molar-refractivity contribution in [3.8, 4) is 11.4 Å². The van der Waals surface area contributed by atoms with Gasteiger partial charge in [-0.05, 0) is 18.2 Å². The molecule has 2 aromatic heterocycles. The van der Waals surface area contributed by atoms with Gasteiger partial charge in [-0.15, -0.1) is 5.10 Å². The second kappa shape index (κ2) is 4.88. The van der Waals surface area contributed by atoms with Crippen LogP contribution in [0.2, 0.25) is 5.02 Å². The van der Waals surface area contributed by atoms with E-state index in [4.69, 9.17) is 11.6 Å². The van der Waals surface area contributed by atoms with E-state index in [-0.39, 0.29) is 11.4 Å². The van der Waals surface area contributed by atoms with Crippen LogP contribution in [0.25, 0.3) is 17.2 Å². The summed E-state index contributed by atoms with van der Waals surface area (Å²) in [6.07, 6.45) is 2.17. The van der Waals surface area contributed by atoms with E-state index in [1.165, 1.54) is 16.8 Å². The molecule has 5 nitrogen and oxygen atoms in total. The minimum Gasteiger partial charge on any atom is -0.366 e. The largest absolute Gasteiger partial charge is 0.366 e. The third-order valence-electron chi connectivity index (χ3n) is 3.56. The lowest BCUT2D eigenvalue weighted by Gasteiger charge is -2.36. The third-order valence-corrected chi connectivity index (χ3v) is 3.75. The number of benzene rings is 1. The molecule has 0 unspecified atom stereocenters. The van der Waals surface area contributed by atoms with Gasteiger partial charge in [0.05, 0.1) is 36.1 Å². The maximum absolute atomic E-state index is 14.1. The summed E-state index contributed by atoms with van der Waals surface area (Å²) in [6, 6.07) is 4.58. The predicted octanol–water partition coefficient (Wildman–Crippen LogP) is 2.74. The van der Waals surface area contributed by atoms with Crippen molar-refractivity contribution in [2.24, 2.45) is 0 Å². The van der Waals surface area contributed by atoms with E-state index >= 15 is 0 Å². The number of nitrogens with zero attached hydrogens (tertiary/aromatic N) is 5. The van der Waals surface area contributed by atoms with Crippen molar-refractivity contribution in [1.82, 2.24) is 19.6 Å². The van der Waals surface area contributed by atoms with Crippen LogP contribution in [0.4, 0.5) is 14.5 Å². The van der Waals surface area contributed by atoms with Gasteiger partial charge in [0, 0.05) is 5.69 Å². The molecule has 0 radical (unpaired) electrons. The van der Waals surface area contributed by atoms with Gasteiger partial charge < -0.3 is 4.90 Å². The Bertz CT molecular complexity index is 860. The number of alkyl halides is 1. The van der Waals surface area contributed by atoms with Crippen molar-refractivity contribution in [2.75, 3.05) is 18.0 Å². The quantitative estimate of drug-likeness (QED) is 0.728. The van der Waals surface area contributed by atoms with Gasteiger partial charge in [-0.3, -0.25) is 0 Å². The summed E-state index contributed by atoms with van der Waals surface area (Å²) in [5.74, 6) is 0.103. The second-order valence-corrected chi connectivity index (χ2v) is 5.56. The minimum atomic E-state index is -0.826. The SMILES string of the molecule is Fc1ccc(N2CC(F)C2)cc1-c1nc2ncc(Cl)cn2n1. The molecule has 4 rings (SSSR count). The van der Waals surface area contributed by atoms with Crippen LogP contribution in [-0.2, 0) is 0 Å². The smallest absolute Gasteiger partial charge is 0.252 e. The highest BCUT2D eigenvalue weighted by molar-refractivity contribution is 6.30. The fourth-order valence-electron chi connectivity index (χ4n) is 2.39. The molecule has 0 bridgehead atoms. The molecule has 0 amide bonds. The Labute approximate surface area is 129 Å². The predicted molar refractivity (Wildman–Crippen MR) is 78.3 cm³/mol. The molecule has 0 saturated carbocycles. The first-order chi connectivity index (χ1) is 10.6. The first-order valence-electron chi connectivity index (χ1n) is 6.67. The van der Waals surface area contributed by atoms with E-state index in [0.717, 1.165) is 5.69 Å². The number of hydrogen-bond acceptors (Lipinski definition) is 4. The van der Waals surface area contributed by atoms with Gasteiger partial charge in [0.15, 0.2) is 5.82 Å². The second-order valence-electron chi connectivity index (χ2n) is 5.12. The fourth-order valence-corrected chi connectivity index (χ4v) is 2.53. The fraction of sp³-hybridized carbons (Fsp3) is 0.214. The summed E-state index contributed by atoms with van der Waals surface area (Å²) in [4.78, 5) is 10.1. The van der Waals surface area contributed by atoms with Crippen LogP contribution in [0.1, 0.15) is 0 Å². The summed E-state index contributed by atoms with van der Waals surface area (Å²) < 4.78 is 28.5. The first kappa shape index (κ1) is 13.4. The molecule has 112 valence electrons. The van der Waals surface area contributed by atoms with Crippen molar-refractivity contribution in [2.45, 2.75) is 6.17 Å². The van der Waals surface area contributed by atoms with Crippen LogP contribution in [0.5, 0.6) is 0 Å². The maximum atomic E-state index is 14.1. The van der Waals surface area contributed by atoms with Crippen molar-refractivity contribution in [3.05, 3.63) is 41.4 Å². The summed E-state index contributed by atoms with van der Waals surface area (Å²) in [6.45, 7) is 0.641. The van der Waals surface area contributed by atoms with Crippen molar-refractivity contribution in [1.29, 1.82) is 0 Å². The van der Waals surface area contributed by atoms with E-state index in [9.17, 15) is 8.78 Å². The molecule has 0 atom stereocenters. The summed E-state index contributed by atoms with van der Waals surface area (Å²) in [5.41, 5.74) is 0.997. The van der Waals surface area contributed by atoms with Gasteiger partial charge in [0.25, 0.3) is 5.78 Å². The Morgan fingerprint density at radius 3 is 2.86 bits per heavy atom. The topological polar surface area (TPSA) is 46.3 Å². The maximum Gasteiger partial charge on any atom is 0.252 e.